The van der Waals surface area contributed by atoms with Crippen LogP contribution in [0.4, 0.5) is 0 Å². The van der Waals surface area contributed by atoms with Gasteiger partial charge in [-0.1, -0.05) is 36.4 Å². The van der Waals surface area contributed by atoms with Crippen LogP contribution >= 0.6 is 34.4 Å². The third-order valence-electron chi connectivity index (χ3n) is 2.52. The maximum atomic E-state index is 11.8. The molecule has 2 unspecified atom stereocenters. The number of hydrogen-bond acceptors (Lipinski definition) is 2. The van der Waals surface area contributed by atoms with Crippen LogP contribution in [0, 0.1) is 5.92 Å². The van der Waals surface area contributed by atoms with Crippen molar-refractivity contribution in [2.45, 2.75) is 38.0 Å². The van der Waals surface area contributed by atoms with Crippen LogP contribution in [0.25, 0.3) is 0 Å². The monoisotopic (exact) mass is 327 g/mol. The molecule has 0 aromatic carbocycles. The Morgan fingerprint density at radius 2 is 2.36 bits per heavy atom. The number of hydrogen-bond donors (Lipinski definition) is 1. The molecule has 1 amide bonds. The molecule has 0 aliphatic carbocycles. The summed E-state index contributed by atoms with van der Waals surface area (Å²) in [6, 6.07) is 0.337. The van der Waals surface area contributed by atoms with E-state index in [9.17, 15) is 4.79 Å². The third-order valence-corrected chi connectivity index (χ3v) is 4.85. The van der Waals surface area contributed by atoms with Crippen molar-refractivity contribution in [1.29, 1.82) is 0 Å². The van der Waals surface area contributed by atoms with Gasteiger partial charge < -0.3 is 5.32 Å². The predicted octanol–water partition coefficient (Wildman–Crippen LogP) is 2.46. The second-order valence-corrected chi connectivity index (χ2v) is 6.21. The molecule has 1 fully saturated rings. The molecule has 0 bridgehead atoms. The number of carbonyl (C=O) groups excluding carboxylic acids is 1. The van der Waals surface area contributed by atoms with Crippen molar-refractivity contribution in [2.24, 2.45) is 5.92 Å². The van der Waals surface area contributed by atoms with E-state index in [1.165, 1.54) is 6.42 Å². The Kier molecular flexibility index (Phi) is 5.59. The van der Waals surface area contributed by atoms with Crippen LogP contribution in [0.15, 0.2) is 0 Å². The Morgan fingerprint density at radius 3 is 2.79 bits per heavy atom. The summed E-state index contributed by atoms with van der Waals surface area (Å²) in [5.74, 6) is 1.93. The molecular formula is C10H18INOS. The molecule has 1 aliphatic rings. The lowest BCUT2D eigenvalue weighted by Gasteiger charge is -2.21. The third kappa shape index (κ3) is 3.61. The summed E-state index contributed by atoms with van der Waals surface area (Å²) in [7, 11) is 0. The highest BCUT2D eigenvalue weighted by molar-refractivity contribution is 14.1. The number of thioether (sulfide) groups is 1. The second kappa shape index (κ2) is 6.20. The maximum Gasteiger partial charge on any atom is 0.233 e. The van der Waals surface area contributed by atoms with Crippen molar-refractivity contribution in [3.8, 4) is 0 Å². The molecule has 0 spiro atoms. The fourth-order valence-electron chi connectivity index (χ4n) is 1.44. The van der Waals surface area contributed by atoms with Crippen molar-refractivity contribution >= 4 is 40.3 Å². The van der Waals surface area contributed by atoms with E-state index in [2.05, 4.69) is 41.8 Å². The van der Waals surface area contributed by atoms with Crippen molar-refractivity contribution in [2.75, 3.05) is 10.2 Å². The Hall–Kier alpha value is 0.550. The van der Waals surface area contributed by atoms with Gasteiger partial charge in [-0.25, -0.2) is 0 Å². The van der Waals surface area contributed by atoms with Gasteiger partial charge in [-0.15, -0.1) is 11.8 Å². The highest BCUT2D eigenvalue weighted by atomic mass is 127. The lowest BCUT2D eigenvalue weighted by atomic mass is 10.1. The van der Waals surface area contributed by atoms with Crippen LogP contribution in [-0.4, -0.2) is 27.4 Å². The molecule has 1 N–H and O–H groups in total. The summed E-state index contributed by atoms with van der Waals surface area (Å²) in [5, 5.41) is 3.36. The zero-order chi connectivity index (χ0) is 10.6. The van der Waals surface area contributed by atoms with Gasteiger partial charge in [0.1, 0.15) is 0 Å². The topological polar surface area (TPSA) is 29.1 Å². The van der Waals surface area contributed by atoms with Gasteiger partial charge in [-0.2, -0.15) is 0 Å². The first-order valence-corrected chi connectivity index (χ1v) is 7.70. The highest BCUT2D eigenvalue weighted by Crippen LogP contribution is 2.26. The molecule has 14 heavy (non-hydrogen) atoms. The molecule has 0 saturated carbocycles. The van der Waals surface area contributed by atoms with E-state index in [4.69, 9.17) is 0 Å². The van der Waals surface area contributed by atoms with E-state index in [0.717, 1.165) is 16.6 Å². The quantitative estimate of drug-likeness (QED) is 0.635. The molecule has 1 saturated heterocycles. The molecule has 1 aliphatic heterocycles. The van der Waals surface area contributed by atoms with Crippen molar-refractivity contribution in [1.82, 2.24) is 5.32 Å². The first kappa shape index (κ1) is 12.6. The van der Waals surface area contributed by atoms with Gasteiger partial charge in [0, 0.05) is 10.5 Å². The summed E-state index contributed by atoms with van der Waals surface area (Å²) in [6.07, 6.45) is 2.25. The van der Waals surface area contributed by atoms with E-state index < -0.39 is 0 Å². The number of carbonyl (C=O) groups is 1. The van der Waals surface area contributed by atoms with Crippen molar-refractivity contribution in [3.63, 3.8) is 0 Å². The molecule has 0 aromatic heterocycles. The Labute approximate surface area is 104 Å². The number of amides is 1. The Balaban J connectivity index is 2.37. The van der Waals surface area contributed by atoms with Crippen LogP contribution in [0.2, 0.25) is 0 Å². The van der Waals surface area contributed by atoms with Crippen LogP contribution < -0.4 is 5.32 Å². The molecule has 0 radical (unpaired) electrons. The molecule has 4 heteroatoms. The average molecular weight is 327 g/mol. The predicted molar refractivity (Wildman–Crippen MR) is 71.1 cm³/mol. The summed E-state index contributed by atoms with van der Waals surface area (Å²) in [5.41, 5.74) is 0. The first-order valence-electron chi connectivity index (χ1n) is 5.13. The molecule has 1 heterocycles. The minimum Gasteiger partial charge on any atom is -0.351 e. The number of alkyl halides is 1. The molecule has 1 rings (SSSR count). The van der Waals surface area contributed by atoms with E-state index in [1.54, 1.807) is 11.8 Å². The number of nitrogens with one attached hydrogen (secondary N) is 1. The van der Waals surface area contributed by atoms with Gasteiger partial charge in [-0.05, 0) is 24.5 Å². The van der Waals surface area contributed by atoms with E-state index in [1.807, 2.05) is 0 Å². The SMILES string of the molecule is CC(C)C(CI)NC(=O)C1CCCS1. The van der Waals surface area contributed by atoms with Crippen LogP contribution in [0.3, 0.4) is 0 Å². The van der Waals surface area contributed by atoms with E-state index in [-0.39, 0.29) is 11.2 Å². The molecule has 2 nitrogen and oxygen atoms in total. The highest BCUT2D eigenvalue weighted by Gasteiger charge is 2.25. The van der Waals surface area contributed by atoms with Crippen LogP contribution in [-0.2, 0) is 4.79 Å². The van der Waals surface area contributed by atoms with Crippen molar-refractivity contribution in [3.05, 3.63) is 0 Å². The fraction of sp³-hybridized carbons (Fsp3) is 0.900. The zero-order valence-electron chi connectivity index (χ0n) is 8.75. The van der Waals surface area contributed by atoms with Gasteiger partial charge in [0.05, 0.1) is 5.25 Å². The Morgan fingerprint density at radius 1 is 1.64 bits per heavy atom. The van der Waals surface area contributed by atoms with Gasteiger partial charge in [0.15, 0.2) is 0 Å². The smallest absolute Gasteiger partial charge is 0.233 e. The normalized spacial score (nSPS) is 23.9. The Bertz CT molecular complexity index is 193. The minimum atomic E-state index is 0.221. The number of halogens is 1. The minimum absolute atomic E-state index is 0.221. The van der Waals surface area contributed by atoms with Crippen LogP contribution in [0.5, 0.6) is 0 Å². The summed E-state index contributed by atoms with van der Waals surface area (Å²) < 4.78 is 0.999. The lowest BCUT2D eigenvalue weighted by molar-refractivity contribution is -0.121. The zero-order valence-corrected chi connectivity index (χ0v) is 11.7. The first-order chi connectivity index (χ1) is 6.65. The summed E-state index contributed by atoms with van der Waals surface area (Å²) in [4.78, 5) is 11.8. The largest absolute Gasteiger partial charge is 0.351 e. The van der Waals surface area contributed by atoms with Crippen molar-refractivity contribution < 1.29 is 4.79 Å². The van der Waals surface area contributed by atoms with Gasteiger partial charge in [-0.3, -0.25) is 4.79 Å². The van der Waals surface area contributed by atoms with Crippen LogP contribution in [0.1, 0.15) is 26.7 Å². The van der Waals surface area contributed by atoms with Gasteiger partial charge >= 0.3 is 0 Å². The maximum absolute atomic E-state index is 11.8. The standard InChI is InChI=1S/C10H18INOS/c1-7(2)8(6-11)12-10(13)9-4-3-5-14-9/h7-9H,3-6H2,1-2H3,(H,12,13). The summed E-state index contributed by atoms with van der Waals surface area (Å²) in [6.45, 7) is 4.32. The molecule has 82 valence electrons. The van der Waals surface area contributed by atoms with E-state index in [0.29, 0.717) is 12.0 Å². The second-order valence-electron chi connectivity index (χ2n) is 4.02. The van der Waals surface area contributed by atoms with Gasteiger partial charge in [0.2, 0.25) is 5.91 Å². The lowest BCUT2D eigenvalue weighted by Crippen LogP contribution is -2.43. The fourth-order valence-corrected chi connectivity index (χ4v) is 3.85. The summed E-state index contributed by atoms with van der Waals surface area (Å²) >= 11 is 4.14. The molecular weight excluding hydrogens is 309 g/mol. The average Bonchev–Trinajstić information content (AvgIpc) is 2.65. The van der Waals surface area contributed by atoms with Gasteiger partial charge in [0.25, 0.3) is 0 Å². The molecule has 2 atom stereocenters. The number of rotatable bonds is 4. The molecule has 0 aromatic rings. The van der Waals surface area contributed by atoms with E-state index >= 15 is 0 Å².